The average molecular weight is 571 g/mol. The molecule has 4 N–H and O–H groups in total. The van der Waals surface area contributed by atoms with Gasteiger partial charge in [-0.25, -0.2) is 0 Å². The summed E-state index contributed by atoms with van der Waals surface area (Å²) in [6.45, 7) is 0.592. The molecule has 0 aliphatic carbocycles. The number of carboxylic acid groups (broad SMARTS) is 1. The number of carbonyl (C=O) groups is 3. The Morgan fingerprint density at radius 3 is 2.52 bits per heavy atom. The molecule has 2 heterocycles. The van der Waals surface area contributed by atoms with Crippen molar-refractivity contribution >= 4 is 29.0 Å². The topological polar surface area (TPSA) is 168 Å². The van der Waals surface area contributed by atoms with Crippen LogP contribution in [0.1, 0.15) is 65.3 Å². The summed E-state index contributed by atoms with van der Waals surface area (Å²) in [5.41, 5.74) is 3.26. The standard InChI is InChI=1S/C30H30N6O6/c37-25(15-16-26(38)39)27-23-14-11-21(18-24(23)32-30(42-27)28-33-35-36-34-28)31-29(40)20-9-12-22(13-10-20)41-17-5-4-8-19-6-2-1-3-7-19/h1-3,6-7,9-14,18,27,30,32H,4-5,8,15-17H2,(H,31,40)(H,38,39)(H,33,34,35,36). The quantitative estimate of drug-likeness (QED) is 0.168. The number of tetrazole rings is 1. The van der Waals surface area contributed by atoms with Crippen LogP contribution in [0, 0.1) is 0 Å². The first-order valence-corrected chi connectivity index (χ1v) is 13.6. The van der Waals surface area contributed by atoms with Crippen LogP contribution >= 0.6 is 0 Å². The van der Waals surface area contributed by atoms with E-state index in [0.717, 1.165) is 19.3 Å². The number of ketones is 1. The van der Waals surface area contributed by atoms with E-state index in [1.807, 2.05) is 18.2 Å². The molecular formula is C30H30N6O6. The molecule has 1 aromatic heterocycles. The lowest BCUT2D eigenvalue weighted by molar-refractivity contribution is -0.142. The summed E-state index contributed by atoms with van der Waals surface area (Å²) in [7, 11) is 0. The molecule has 42 heavy (non-hydrogen) atoms. The third-order valence-corrected chi connectivity index (χ3v) is 6.71. The lowest BCUT2D eigenvalue weighted by Crippen LogP contribution is -2.30. The van der Waals surface area contributed by atoms with Gasteiger partial charge in [-0.05, 0) is 66.4 Å². The van der Waals surface area contributed by atoms with Crippen molar-refractivity contribution in [2.24, 2.45) is 0 Å². The van der Waals surface area contributed by atoms with Crippen LogP contribution in [-0.4, -0.2) is 50.0 Å². The number of hydrogen-bond donors (Lipinski definition) is 4. The molecule has 1 amide bonds. The summed E-state index contributed by atoms with van der Waals surface area (Å²) in [6.07, 6.45) is 0.485. The minimum Gasteiger partial charge on any atom is -0.494 e. The van der Waals surface area contributed by atoms with Crippen molar-refractivity contribution in [3.05, 3.63) is 95.3 Å². The maximum absolute atomic E-state index is 13.0. The summed E-state index contributed by atoms with van der Waals surface area (Å²) >= 11 is 0. The Bertz CT molecular complexity index is 1510. The van der Waals surface area contributed by atoms with Gasteiger partial charge in [0.1, 0.15) is 11.9 Å². The van der Waals surface area contributed by atoms with Crippen LogP contribution in [0.15, 0.2) is 72.8 Å². The molecule has 0 fully saturated rings. The van der Waals surface area contributed by atoms with Gasteiger partial charge < -0.3 is 25.2 Å². The number of hydrogen-bond acceptors (Lipinski definition) is 9. The van der Waals surface area contributed by atoms with E-state index in [1.54, 1.807) is 42.5 Å². The minimum absolute atomic E-state index is 0.171. The van der Waals surface area contributed by atoms with Crippen molar-refractivity contribution in [3.8, 4) is 5.75 Å². The monoisotopic (exact) mass is 570 g/mol. The van der Waals surface area contributed by atoms with Crippen LogP contribution in [0.3, 0.4) is 0 Å². The number of aryl methyl sites for hydroxylation is 1. The molecule has 4 aromatic rings. The van der Waals surface area contributed by atoms with E-state index < -0.39 is 24.1 Å². The van der Waals surface area contributed by atoms with Crippen LogP contribution in [0.2, 0.25) is 0 Å². The maximum atomic E-state index is 13.0. The van der Waals surface area contributed by atoms with Gasteiger partial charge in [0.25, 0.3) is 5.91 Å². The highest BCUT2D eigenvalue weighted by Gasteiger charge is 2.35. The lowest BCUT2D eigenvalue weighted by Gasteiger charge is -2.31. The maximum Gasteiger partial charge on any atom is 0.303 e. The number of amides is 1. The van der Waals surface area contributed by atoms with E-state index in [9.17, 15) is 14.4 Å². The highest BCUT2D eigenvalue weighted by atomic mass is 16.5. The van der Waals surface area contributed by atoms with Gasteiger partial charge in [-0.2, -0.15) is 5.21 Å². The zero-order chi connectivity index (χ0) is 29.3. The van der Waals surface area contributed by atoms with Gasteiger partial charge in [0.15, 0.2) is 12.0 Å². The molecule has 1 aliphatic rings. The van der Waals surface area contributed by atoms with Gasteiger partial charge in [0, 0.05) is 28.9 Å². The fourth-order valence-electron chi connectivity index (χ4n) is 4.56. The Morgan fingerprint density at radius 2 is 1.79 bits per heavy atom. The van der Waals surface area contributed by atoms with Gasteiger partial charge in [-0.3, -0.25) is 14.4 Å². The molecule has 2 atom stereocenters. The molecule has 0 saturated carbocycles. The molecule has 12 nitrogen and oxygen atoms in total. The van der Waals surface area contributed by atoms with E-state index in [0.29, 0.717) is 34.9 Å². The molecule has 12 heteroatoms. The second-order valence-corrected chi connectivity index (χ2v) is 9.74. The number of fused-ring (bicyclic) bond motifs is 1. The van der Waals surface area contributed by atoms with Crippen LogP contribution in [-0.2, 0) is 20.7 Å². The number of nitrogens with zero attached hydrogens (tertiary/aromatic N) is 3. The third kappa shape index (κ3) is 7.34. The van der Waals surface area contributed by atoms with Gasteiger partial charge in [-0.1, -0.05) is 36.4 Å². The lowest BCUT2D eigenvalue weighted by atomic mass is 9.98. The van der Waals surface area contributed by atoms with E-state index in [-0.39, 0.29) is 24.6 Å². The molecule has 2 unspecified atom stereocenters. The Labute approximate surface area is 241 Å². The van der Waals surface area contributed by atoms with Gasteiger partial charge in [0.05, 0.1) is 13.0 Å². The average Bonchev–Trinajstić information content (AvgIpc) is 3.55. The van der Waals surface area contributed by atoms with Gasteiger partial charge in [0.2, 0.25) is 5.82 Å². The summed E-state index contributed by atoms with van der Waals surface area (Å²) in [4.78, 5) is 36.8. The summed E-state index contributed by atoms with van der Waals surface area (Å²) < 4.78 is 11.7. The number of aliphatic carboxylic acids is 1. The number of unbranched alkanes of at least 4 members (excludes halogenated alkanes) is 1. The van der Waals surface area contributed by atoms with Gasteiger partial charge >= 0.3 is 5.97 Å². The van der Waals surface area contributed by atoms with Crippen LogP contribution in [0.25, 0.3) is 0 Å². The Balaban J connectivity index is 1.19. The molecule has 216 valence electrons. The number of ether oxygens (including phenoxy) is 2. The van der Waals surface area contributed by atoms with Crippen molar-refractivity contribution in [2.75, 3.05) is 17.2 Å². The molecule has 0 spiro atoms. The molecule has 0 radical (unpaired) electrons. The smallest absolute Gasteiger partial charge is 0.303 e. The summed E-state index contributed by atoms with van der Waals surface area (Å²) in [5, 5.41) is 28.7. The normalized spacial score (nSPS) is 15.7. The first-order valence-electron chi connectivity index (χ1n) is 13.6. The highest BCUT2D eigenvalue weighted by molar-refractivity contribution is 6.04. The highest BCUT2D eigenvalue weighted by Crippen LogP contribution is 2.39. The molecule has 5 rings (SSSR count). The summed E-state index contributed by atoms with van der Waals surface area (Å²) in [6, 6.07) is 22.2. The van der Waals surface area contributed by atoms with Gasteiger partial charge in [-0.15, -0.1) is 10.2 Å². The van der Waals surface area contributed by atoms with Crippen molar-refractivity contribution in [1.82, 2.24) is 20.6 Å². The fourth-order valence-corrected chi connectivity index (χ4v) is 4.56. The Kier molecular flexibility index (Phi) is 9.14. The zero-order valence-corrected chi connectivity index (χ0v) is 22.7. The number of anilines is 2. The number of carboxylic acids is 1. The van der Waals surface area contributed by atoms with Crippen molar-refractivity contribution < 1.29 is 29.0 Å². The second-order valence-electron chi connectivity index (χ2n) is 9.74. The first kappa shape index (κ1) is 28.4. The first-order chi connectivity index (χ1) is 20.5. The predicted octanol–water partition coefficient (Wildman–Crippen LogP) is 4.47. The number of aromatic amines is 1. The largest absolute Gasteiger partial charge is 0.494 e. The predicted molar refractivity (Wildman–Crippen MR) is 152 cm³/mol. The number of nitrogens with one attached hydrogen (secondary N) is 3. The minimum atomic E-state index is -1.08. The molecule has 3 aromatic carbocycles. The number of carbonyl (C=O) groups excluding carboxylic acids is 2. The van der Waals surface area contributed by atoms with Crippen molar-refractivity contribution in [3.63, 3.8) is 0 Å². The molecular weight excluding hydrogens is 540 g/mol. The number of H-pyrrole nitrogens is 1. The summed E-state index contributed by atoms with van der Waals surface area (Å²) in [5.74, 6) is -0.937. The SMILES string of the molecule is O=C(O)CCC(=O)C1OC(c2nn[nH]n2)Nc2cc(NC(=O)c3ccc(OCCCCc4ccccc4)cc3)ccc21. The Morgan fingerprint density at radius 1 is 0.976 bits per heavy atom. The number of benzene rings is 3. The van der Waals surface area contributed by atoms with Crippen molar-refractivity contribution in [2.45, 2.75) is 44.4 Å². The third-order valence-electron chi connectivity index (χ3n) is 6.71. The number of Topliss-reactive ketones (excluding diaryl/α,β-unsaturated/α-hetero) is 1. The Hall–Kier alpha value is -5.10. The van der Waals surface area contributed by atoms with Crippen LogP contribution < -0.4 is 15.4 Å². The van der Waals surface area contributed by atoms with E-state index >= 15 is 0 Å². The number of aromatic nitrogens is 4. The molecule has 0 bridgehead atoms. The van der Waals surface area contributed by atoms with Crippen LogP contribution in [0.5, 0.6) is 5.75 Å². The van der Waals surface area contributed by atoms with Crippen LogP contribution in [0.4, 0.5) is 11.4 Å². The van der Waals surface area contributed by atoms with Crippen molar-refractivity contribution in [1.29, 1.82) is 0 Å². The van der Waals surface area contributed by atoms with E-state index in [4.69, 9.17) is 14.6 Å². The molecule has 0 saturated heterocycles. The number of rotatable bonds is 13. The zero-order valence-electron chi connectivity index (χ0n) is 22.7. The molecule has 1 aliphatic heterocycles. The van der Waals surface area contributed by atoms with E-state index in [2.05, 4.69) is 43.4 Å². The fraction of sp³-hybridized carbons (Fsp3) is 0.267. The van der Waals surface area contributed by atoms with E-state index in [1.165, 1.54) is 5.56 Å². The second kappa shape index (κ2) is 13.5.